The molecular formula is C9H7BrF5NO2. The molecule has 1 N–H and O–H groups in total. The van der Waals surface area contributed by atoms with Crippen LogP contribution in [0.1, 0.15) is 23.4 Å². The van der Waals surface area contributed by atoms with E-state index in [1.165, 1.54) is 0 Å². The van der Waals surface area contributed by atoms with Gasteiger partial charge < -0.3 is 9.84 Å². The number of aromatic nitrogens is 1. The highest BCUT2D eigenvalue weighted by molar-refractivity contribution is 9.08. The van der Waals surface area contributed by atoms with Crippen molar-refractivity contribution in [3.05, 3.63) is 23.0 Å². The first kappa shape index (κ1) is 15.1. The zero-order valence-electron chi connectivity index (χ0n) is 8.64. The number of hydrogen-bond donors (Lipinski definition) is 1. The van der Waals surface area contributed by atoms with Gasteiger partial charge in [-0.05, 0) is 0 Å². The Morgan fingerprint density at radius 1 is 1.39 bits per heavy atom. The molecule has 0 saturated heterocycles. The molecule has 0 fully saturated rings. The van der Waals surface area contributed by atoms with Gasteiger partial charge in [0, 0.05) is 17.0 Å². The van der Waals surface area contributed by atoms with Gasteiger partial charge in [-0.15, -0.1) is 13.2 Å². The molecule has 0 radical (unpaired) electrons. The number of aliphatic hydroxyl groups is 1. The topological polar surface area (TPSA) is 42.4 Å². The molecule has 0 aliphatic carbocycles. The first-order valence-corrected chi connectivity index (χ1v) is 5.64. The van der Waals surface area contributed by atoms with E-state index in [0.29, 0.717) is 6.07 Å². The maximum atomic E-state index is 12.4. The van der Waals surface area contributed by atoms with Crippen molar-refractivity contribution in [2.45, 2.75) is 24.7 Å². The maximum Gasteiger partial charge on any atom is 0.573 e. The van der Waals surface area contributed by atoms with E-state index in [-0.39, 0.29) is 16.6 Å². The van der Waals surface area contributed by atoms with Gasteiger partial charge in [0.15, 0.2) is 0 Å². The van der Waals surface area contributed by atoms with Crippen LogP contribution in [0.5, 0.6) is 5.75 Å². The van der Waals surface area contributed by atoms with Gasteiger partial charge in [-0.25, -0.2) is 13.8 Å². The van der Waals surface area contributed by atoms with E-state index < -0.39 is 30.8 Å². The molecule has 1 heterocycles. The van der Waals surface area contributed by atoms with Crippen molar-refractivity contribution in [3.63, 3.8) is 0 Å². The lowest BCUT2D eigenvalue weighted by Crippen LogP contribution is -2.19. The Kier molecular flexibility index (Phi) is 4.85. The van der Waals surface area contributed by atoms with E-state index in [1.807, 2.05) is 0 Å². The fourth-order valence-corrected chi connectivity index (χ4v) is 1.82. The highest BCUT2D eigenvalue weighted by atomic mass is 79.9. The molecule has 0 amide bonds. The molecule has 18 heavy (non-hydrogen) atoms. The zero-order valence-corrected chi connectivity index (χ0v) is 10.2. The van der Waals surface area contributed by atoms with E-state index >= 15 is 0 Å². The second-order valence-electron chi connectivity index (χ2n) is 3.11. The molecule has 0 spiro atoms. The van der Waals surface area contributed by atoms with Crippen LogP contribution in [0.15, 0.2) is 6.07 Å². The molecular weight excluding hydrogens is 329 g/mol. The van der Waals surface area contributed by atoms with Gasteiger partial charge in [0.1, 0.15) is 11.4 Å². The number of aliphatic hydroxyl groups excluding tert-OH is 1. The molecule has 9 heteroatoms. The number of rotatable bonds is 4. The number of pyridine rings is 1. The summed E-state index contributed by atoms with van der Waals surface area (Å²) in [7, 11) is 0. The summed E-state index contributed by atoms with van der Waals surface area (Å²) in [5.41, 5.74) is -1.30. The van der Waals surface area contributed by atoms with E-state index in [1.54, 1.807) is 0 Å². The van der Waals surface area contributed by atoms with Crippen LogP contribution in [-0.4, -0.2) is 16.5 Å². The van der Waals surface area contributed by atoms with Crippen molar-refractivity contribution in [3.8, 4) is 5.75 Å². The minimum atomic E-state index is -5.01. The average molecular weight is 336 g/mol. The van der Waals surface area contributed by atoms with Crippen LogP contribution in [0.4, 0.5) is 22.0 Å². The number of hydrogen-bond acceptors (Lipinski definition) is 3. The van der Waals surface area contributed by atoms with Crippen molar-refractivity contribution in [2.75, 3.05) is 0 Å². The molecule has 0 aliphatic heterocycles. The Hall–Kier alpha value is -0.960. The monoisotopic (exact) mass is 335 g/mol. The molecule has 3 nitrogen and oxygen atoms in total. The fourth-order valence-electron chi connectivity index (χ4n) is 1.22. The zero-order chi connectivity index (χ0) is 13.9. The second kappa shape index (κ2) is 5.79. The Bertz CT molecular complexity index is 424. The minimum Gasteiger partial charge on any atom is -0.405 e. The molecule has 1 aromatic rings. The highest BCUT2D eigenvalue weighted by Crippen LogP contribution is 2.32. The van der Waals surface area contributed by atoms with Crippen molar-refractivity contribution >= 4 is 15.9 Å². The Labute approximate surface area is 107 Å². The van der Waals surface area contributed by atoms with E-state index in [2.05, 4.69) is 25.7 Å². The van der Waals surface area contributed by atoms with Crippen LogP contribution in [0.2, 0.25) is 0 Å². The van der Waals surface area contributed by atoms with Crippen molar-refractivity contribution < 1.29 is 31.8 Å². The third-order valence-corrected chi connectivity index (χ3v) is 2.48. The van der Waals surface area contributed by atoms with Gasteiger partial charge >= 0.3 is 6.36 Å². The predicted octanol–water partition coefficient (Wildman–Crippen LogP) is 3.31. The number of halogens is 6. The first-order valence-electron chi connectivity index (χ1n) is 4.52. The third kappa shape index (κ3) is 3.77. The SMILES string of the molecule is OCc1nc(C(F)F)cc(OC(F)(F)F)c1CBr. The summed E-state index contributed by atoms with van der Waals surface area (Å²) < 4.78 is 64.9. The minimum absolute atomic E-state index is 0.120. The summed E-state index contributed by atoms with van der Waals surface area (Å²) in [6.45, 7) is -0.768. The Morgan fingerprint density at radius 2 is 2.00 bits per heavy atom. The van der Waals surface area contributed by atoms with Gasteiger partial charge in [-0.3, -0.25) is 0 Å². The van der Waals surface area contributed by atoms with Crippen molar-refractivity contribution in [2.24, 2.45) is 0 Å². The van der Waals surface area contributed by atoms with Gasteiger partial charge in [0.05, 0.1) is 12.3 Å². The van der Waals surface area contributed by atoms with Crippen molar-refractivity contribution in [1.29, 1.82) is 0 Å². The molecule has 0 unspecified atom stereocenters. The van der Waals surface area contributed by atoms with E-state index in [4.69, 9.17) is 5.11 Å². The molecule has 1 rings (SSSR count). The molecule has 0 saturated carbocycles. The lowest BCUT2D eigenvalue weighted by Gasteiger charge is -2.15. The smallest absolute Gasteiger partial charge is 0.405 e. The Morgan fingerprint density at radius 3 is 2.39 bits per heavy atom. The second-order valence-corrected chi connectivity index (χ2v) is 3.67. The van der Waals surface area contributed by atoms with Crippen LogP contribution in [0.3, 0.4) is 0 Å². The van der Waals surface area contributed by atoms with Gasteiger partial charge in [0.2, 0.25) is 0 Å². The van der Waals surface area contributed by atoms with Crippen LogP contribution >= 0.6 is 15.9 Å². The molecule has 0 bridgehead atoms. The third-order valence-electron chi connectivity index (χ3n) is 1.92. The van der Waals surface area contributed by atoms with E-state index in [9.17, 15) is 22.0 Å². The molecule has 0 aliphatic rings. The summed E-state index contributed by atoms with van der Waals surface area (Å²) in [5, 5.41) is 8.79. The standard InChI is InChI=1S/C9H7BrF5NO2/c10-2-4-6(3-17)16-5(8(11)12)1-7(4)18-9(13,14)15/h1,8,17H,2-3H2. The summed E-state index contributed by atoms with van der Waals surface area (Å²) in [6.07, 6.45) is -8.07. The fraction of sp³-hybridized carbons (Fsp3) is 0.444. The average Bonchev–Trinajstić information content (AvgIpc) is 2.25. The van der Waals surface area contributed by atoms with Crippen LogP contribution in [0, 0.1) is 0 Å². The van der Waals surface area contributed by atoms with Crippen molar-refractivity contribution in [1.82, 2.24) is 4.98 Å². The van der Waals surface area contributed by atoms with Crippen LogP contribution in [0.25, 0.3) is 0 Å². The van der Waals surface area contributed by atoms with E-state index in [0.717, 1.165) is 0 Å². The summed E-state index contributed by atoms with van der Waals surface area (Å²) >= 11 is 2.88. The molecule has 0 aromatic carbocycles. The molecule has 102 valence electrons. The lowest BCUT2D eigenvalue weighted by molar-refractivity contribution is -0.275. The Balaban J connectivity index is 3.31. The van der Waals surface area contributed by atoms with Gasteiger partial charge in [-0.1, -0.05) is 15.9 Å². The van der Waals surface area contributed by atoms with Gasteiger partial charge in [-0.2, -0.15) is 0 Å². The number of ether oxygens (including phenoxy) is 1. The summed E-state index contributed by atoms with van der Waals surface area (Å²) in [5.74, 6) is -0.797. The normalized spacial score (nSPS) is 12.0. The lowest BCUT2D eigenvalue weighted by atomic mass is 10.1. The molecule has 0 atom stereocenters. The molecule has 1 aromatic heterocycles. The highest BCUT2D eigenvalue weighted by Gasteiger charge is 2.33. The van der Waals surface area contributed by atoms with Gasteiger partial charge in [0.25, 0.3) is 6.43 Å². The van der Waals surface area contributed by atoms with Crippen LogP contribution < -0.4 is 4.74 Å². The number of nitrogens with zero attached hydrogens (tertiary/aromatic N) is 1. The summed E-state index contributed by atoms with van der Waals surface area (Å²) in [6, 6.07) is 0.508. The largest absolute Gasteiger partial charge is 0.573 e. The number of alkyl halides is 6. The first-order chi connectivity index (χ1) is 8.28. The quantitative estimate of drug-likeness (QED) is 0.678. The summed E-state index contributed by atoms with van der Waals surface area (Å²) in [4.78, 5) is 3.37. The maximum absolute atomic E-state index is 12.4. The van der Waals surface area contributed by atoms with Crippen LogP contribution in [-0.2, 0) is 11.9 Å². The predicted molar refractivity (Wildman–Crippen MR) is 54.4 cm³/mol.